The Morgan fingerprint density at radius 1 is 1.38 bits per heavy atom. The molecule has 1 aliphatic heterocycles. The van der Waals surface area contributed by atoms with E-state index >= 15 is 0 Å². The summed E-state index contributed by atoms with van der Waals surface area (Å²) >= 11 is 0. The summed E-state index contributed by atoms with van der Waals surface area (Å²) < 4.78 is 0. The smallest absolute Gasteiger partial charge is 0.320 e. The van der Waals surface area contributed by atoms with Crippen molar-refractivity contribution in [1.29, 1.82) is 0 Å². The summed E-state index contributed by atoms with van der Waals surface area (Å²) in [5.41, 5.74) is 0. The Morgan fingerprint density at radius 3 is 2.62 bits per heavy atom. The molecule has 0 saturated carbocycles. The van der Waals surface area contributed by atoms with E-state index in [0.29, 0.717) is 32.0 Å². The number of aliphatic carboxylic acids is 1. The molecule has 0 radical (unpaired) electrons. The van der Waals surface area contributed by atoms with Crippen LogP contribution in [-0.4, -0.2) is 66.0 Å². The van der Waals surface area contributed by atoms with Crippen LogP contribution in [0.4, 0.5) is 4.79 Å². The van der Waals surface area contributed by atoms with E-state index in [-0.39, 0.29) is 30.8 Å². The monoisotopic (exact) mass is 299 g/mol. The first-order chi connectivity index (χ1) is 9.79. The second-order valence-corrected chi connectivity index (χ2v) is 6.04. The summed E-state index contributed by atoms with van der Waals surface area (Å²) in [6.07, 6.45) is 0.786. The van der Waals surface area contributed by atoms with Gasteiger partial charge < -0.3 is 20.2 Å². The third-order valence-corrected chi connectivity index (χ3v) is 3.43. The van der Waals surface area contributed by atoms with Gasteiger partial charge in [-0.3, -0.25) is 9.59 Å². The molecule has 1 aliphatic rings. The average Bonchev–Trinajstić information content (AvgIpc) is 2.82. The minimum absolute atomic E-state index is 0.00891. The summed E-state index contributed by atoms with van der Waals surface area (Å²) in [5.74, 6) is -0.642. The number of nitrogens with one attached hydrogen (secondary N) is 1. The minimum atomic E-state index is -0.837. The van der Waals surface area contributed by atoms with Crippen molar-refractivity contribution >= 4 is 17.9 Å². The van der Waals surface area contributed by atoms with Crippen molar-refractivity contribution in [2.75, 3.05) is 33.2 Å². The van der Waals surface area contributed by atoms with Crippen LogP contribution in [0.2, 0.25) is 0 Å². The molecule has 1 rings (SSSR count). The van der Waals surface area contributed by atoms with E-state index in [9.17, 15) is 14.4 Å². The molecule has 0 aromatic heterocycles. The van der Waals surface area contributed by atoms with E-state index in [1.165, 1.54) is 4.90 Å². The van der Waals surface area contributed by atoms with Gasteiger partial charge in [0.15, 0.2) is 0 Å². The Kier molecular flexibility index (Phi) is 6.45. The number of hydrogen-bond acceptors (Lipinski definition) is 3. The van der Waals surface area contributed by atoms with E-state index in [2.05, 4.69) is 5.32 Å². The Labute approximate surface area is 125 Å². The van der Waals surface area contributed by atoms with Crippen LogP contribution in [0.3, 0.4) is 0 Å². The van der Waals surface area contributed by atoms with E-state index < -0.39 is 5.97 Å². The topological polar surface area (TPSA) is 90.0 Å². The van der Waals surface area contributed by atoms with Crippen molar-refractivity contribution in [3.63, 3.8) is 0 Å². The molecule has 3 amide bonds. The minimum Gasteiger partial charge on any atom is -0.481 e. The molecule has 1 heterocycles. The van der Waals surface area contributed by atoms with Gasteiger partial charge in [0, 0.05) is 33.1 Å². The third kappa shape index (κ3) is 6.01. The molecule has 1 fully saturated rings. The maximum absolute atomic E-state index is 12.2. The molecule has 1 saturated heterocycles. The number of nitrogens with zero attached hydrogens (tertiary/aromatic N) is 2. The number of likely N-dealkylation sites (N-methyl/N-ethyl adjacent to an activating group) is 1. The van der Waals surface area contributed by atoms with Crippen LogP contribution in [0, 0.1) is 11.8 Å². The highest BCUT2D eigenvalue weighted by atomic mass is 16.4. The normalized spacial score (nSPS) is 17.9. The van der Waals surface area contributed by atoms with Crippen molar-refractivity contribution in [3.8, 4) is 0 Å². The molecule has 1 atom stereocenters. The number of likely N-dealkylation sites (tertiary alicyclic amines) is 1. The predicted octanol–water partition coefficient (Wildman–Crippen LogP) is 0.607. The summed E-state index contributed by atoms with van der Waals surface area (Å²) in [5, 5.41) is 11.5. The van der Waals surface area contributed by atoms with Crippen LogP contribution in [-0.2, 0) is 9.59 Å². The second kappa shape index (κ2) is 7.85. The van der Waals surface area contributed by atoms with Gasteiger partial charge in [0.05, 0.1) is 0 Å². The second-order valence-electron chi connectivity index (χ2n) is 6.04. The SMILES string of the molecule is CC(C)CNC(=O)CN(C)C(=O)N1CCC(CC(=O)O)C1. The zero-order valence-electron chi connectivity index (χ0n) is 13.0. The third-order valence-electron chi connectivity index (χ3n) is 3.43. The fraction of sp³-hybridized carbons (Fsp3) is 0.786. The van der Waals surface area contributed by atoms with Crippen molar-refractivity contribution < 1.29 is 19.5 Å². The first-order valence-electron chi connectivity index (χ1n) is 7.28. The number of amides is 3. The van der Waals surface area contributed by atoms with Gasteiger partial charge in [0.25, 0.3) is 0 Å². The maximum Gasteiger partial charge on any atom is 0.320 e. The number of carbonyl (C=O) groups is 3. The molecule has 1 unspecified atom stereocenters. The number of carbonyl (C=O) groups excluding carboxylic acids is 2. The van der Waals surface area contributed by atoms with Gasteiger partial charge in [-0.1, -0.05) is 13.8 Å². The van der Waals surface area contributed by atoms with Gasteiger partial charge in [-0.15, -0.1) is 0 Å². The number of urea groups is 1. The van der Waals surface area contributed by atoms with E-state index in [0.717, 1.165) is 0 Å². The Balaban J connectivity index is 2.37. The van der Waals surface area contributed by atoms with E-state index in [1.54, 1.807) is 11.9 Å². The lowest BCUT2D eigenvalue weighted by Gasteiger charge is -2.24. The Morgan fingerprint density at radius 2 is 2.05 bits per heavy atom. The van der Waals surface area contributed by atoms with Gasteiger partial charge in [0.2, 0.25) is 5.91 Å². The van der Waals surface area contributed by atoms with Crippen LogP contribution < -0.4 is 5.32 Å². The first kappa shape index (κ1) is 17.3. The molecule has 7 heteroatoms. The highest BCUT2D eigenvalue weighted by molar-refractivity contribution is 5.84. The fourth-order valence-corrected chi connectivity index (χ4v) is 2.32. The molecule has 120 valence electrons. The van der Waals surface area contributed by atoms with Crippen LogP contribution in [0.1, 0.15) is 26.7 Å². The number of hydrogen-bond donors (Lipinski definition) is 2. The molecule has 0 aromatic rings. The first-order valence-corrected chi connectivity index (χ1v) is 7.28. The van der Waals surface area contributed by atoms with Crippen LogP contribution >= 0.6 is 0 Å². The predicted molar refractivity (Wildman–Crippen MR) is 77.8 cm³/mol. The lowest BCUT2D eigenvalue weighted by molar-refractivity contribution is -0.138. The molecule has 0 bridgehead atoms. The average molecular weight is 299 g/mol. The number of carboxylic acids is 1. The molecule has 0 aliphatic carbocycles. The summed E-state index contributed by atoms with van der Waals surface area (Å²) in [7, 11) is 1.59. The van der Waals surface area contributed by atoms with Crippen molar-refractivity contribution in [2.45, 2.75) is 26.7 Å². The van der Waals surface area contributed by atoms with Gasteiger partial charge in [-0.25, -0.2) is 4.79 Å². The molecular formula is C14H25N3O4. The van der Waals surface area contributed by atoms with Crippen LogP contribution in [0.5, 0.6) is 0 Å². The molecule has 21 heavy (non-hydrogen) atoms. The zero-order chi connectivity index (χ0) is 16.0. The quantitative estimate of drug-likeness (QED) is 0.752. The molecule has 0 aromatic carbocycles. The highest BCUT2D eigenvalue weighted by Crippen LogP contribution is 2.20. The van der Waals surface area contributed by atoms with Crippen LogP contribution in [0.25, 0.3) is 0 Å². The van der Waals surface area contributed by atoms with Crippen molar-refractivity contribution in [2.24, 2.45) is 11.8 Å². The van der Waals surface area contributed by atoms with Gasteiger partial charge in [-0.05, 0) is 18.3 Å². The fourth-order valence-electron chi connectivity index (χ4n) is 2.32. The number of carboxylic acid groups (broad SMARTS) is 1. The summed E-state index contributed by atoms with van der Waals surface area (Å²) in [4.78, 5) is 37.5. The largest absolute Gasteiger partial charge is 0.481 e. The molecule has 0 spiro atoms. The van der Waals surface area contributed by atoms with Gasteiger partial charge >= 0.3 is 12.0 Å². The zero-order valence-corrected chi connectivity index (χ0v) is 13.0. The van der Waals surface area contributed by atoms with E-state index in [1.807, 2.05) is 13.8 Å². The van der Waals surface area contributed by atoms with Crippen molar-refractivity contribution in [3.05, 3.63) is 0 Å². The lowest BCUT2D eigenvalue weighted by atomic mass is 10.1. The number of rotatable bonds is 6. The molecular weight excluding hydrogens is 274 g/mol. The summed E-state index contributed by atoms with van der Waals surface area (Å²) in [6.45, 7) is 5.61. The van der Waals surface area contributed by atoms with E-state index in [4.69, 9.17) is 5.11 Å². The lowest BCUT2D eigenvalue weighted by Crippen LogP contribution is -2.45. The van der Waals surface area contributed by atoms with Gasteiger partial charge in [0.1, 0.15) is 6.54 Å². The van der Waals surface area contributed by atoms with Crippen molar-refractivity contribution in [1.82, 2.24) is 15.1 Å². The standard InChI is InChI=1S/C14H25N3O4/c1-10(2)7-15-12(18)9-16(3)14(21)17-5-4-11(8-17)6-13(19)20/h10-11H,4-9H2,1-3H3,(H,15,18)(H,19,20). The molecule has 7 nitrogen and oxygen atoms in total. The Hall–Kier alpha value is -1.79. The molecule has 2 N–H and O–H groups in total. The maximum atomic E-state index is 12.2. The highest BCUT2D eigenvalue weighted by Gasteiger charge is 2.29. The summed E-state index contributed by atoms with van der Waals surface area (Å²) in [6, 6.07) is -0.220. The van der Waals surface area contributed by atoms with Gasteiger partial charge in [-0.2, -0.15) is 0 Å². The Bertz CT molecular complexity index is 398. The van der Waals surface area contributed by atoms with Crippen LogP contribution in [0.15, 0.2) is 0 Å².